The molecule has 6 heteroatoms. The van der Waals surface area contributed by atoms with Crippen LogP contribution in [0.15, 0.2) is 18.3 Å². The van der Waals surface area contributed by atoms with Crippen molar-refractivity contribution in [1.82, 2.24) is 9.88 Å². The number of aromatic nitrogens is 1. The summed E-state index contributed by atoms with van der Waals surface area (Å²) >= 11 is 0. The largest absolute Gasteiger partial charge is 0.472 e. The molecule has 6 nitrogen and oxygen atoms in total. The van der Waals surface area contributed by atoms with Gasteiger partial charge in [0.15, 0.2) is 0 Å². The van der Waals surface area contributed by atoms with Gasteiger partial charge in [-0.2, -0.15) is 0 Å². The van der Waals surface area contributed by atoms with Crippen LogP contribution in [0.4, 0.5) is 0 Å². The first-order chi connectivity index (χ1) is 10.6. The van der Waals surface area contributed by atoms with Crippen LogP contribution in [0.25, 0.3) is 0 Å². The smallest absolute Gasteiger partial charge is 0.255 e. The first-order valence-electron chi connectivity index (χ1n) is 7.77. The molecule has 0 aromatic carbocycles. The summed E-state index contributed by atoms with van der Waals surface area (Å²) in [6, 6.07) is 3.52. The van der Waals surface area contributed by atoms with Crippen LogP contribution in [0.2, 0.25) is 0 Å². The molecule has 2 aliphatic rings. The van der Waals surface area contributed by atoms with Gasteiger partial charge in [0.05, 0.1) is 31.0 Å². The highest BCUT2D eigenvalue weighted by Gasteiger charge is 2.27. The summed E-state index contributed by atoms with van der Waals surface area (Å²) in [5, 5.41) is 0. The van der Waals surface area contributed by atoms with Gasteiger partial charge < -0.3 is 19.1 Å². The Bertz CT molecular complexity index is 503. The van der Waals surface area contributed by atoms with Crippen LogP contribution in [0, 0.1) is 0 Å². The molecule has 1 amide bonds. The van der Waals surface area contributed by atoms with E-state index in [1.807, 2.05) is 18.7 Å². The van der Waals surface area contributed by atoms with E-state index in [-0.39, 0.29) is 24.2 Å². The number of amides is 1. The normalized spacial score (nSPS) is 28.6. The molecule has 3 rings (SSSR count). The topological polar surface area (TPSA) is 60.9 Å². The molecule has 2 aliphatic heterocycles. The Kier molecular flexibility index (Phi) is 4.59. The van der Waals surface area contributed by atoms with Crippen LogP contribution >= 0.6 is 0 Å². The Morgan fingerprint density at radius 2 is 2.09 bits per heavy atom. The molecule has 22 heavy (non-hydrogen) atoms. The van der Waals surface area contributed by atoms with Crippen molar-refractivity contribution in [3.8, 4) is 5.88 Å². The van der Waals surface area contributed by atoms with Gasteiger partial charge in [-0.15, -0.1) is 0 Å². The van der Waals surface area contributed by atoms with Crippen LogP contribution in [0.1, 0.15) is 30.6 Å². The van der Waals surface area contributed by atoms with Gasteiger partial charge in [0.2, 0.25) is 5.88 Å². The Labute approximate surface area is 130 Å². The molecule has 3 unspecified atom stereocenters. The minimum Gasteiger partial charge on any atom is -0.472 e. The molecule has 1 aromatic rings. The third-order valence-electron chi connectivity index (χ3n) is 3.87. The fourth-order valence-electron chi connectivity index (χ4n) is 2.88. The zero-order chi connectivity index (χ0) is 15.5. The monoisotopic (exact) mass is 306 g/mol. The van der Waals surface area contributed by atoms with E-state index in [1.165, 1.54) is 0 Å². The van der Waals surface area contributed by atoms with Crippen molar-refractivity contribution in [1.29, 1.82) is 0 Å². The van der Waals surface area contributed by atoms with E-state index < -0.39 is 0 Å². The lowest BCUT2D eigenvalue weighted by Gasteiger charge is -2.35. The molecule has 0 saturated carbocycles. The quantitative estimate of drug-likeness (QED) is 0.847. The van der Waals surface area contributed by atoms with Crippen molar-refractivity contribution in [3.63, 3.8) is 0 Å². The average Bonchev–Trinajstić information content (AvgIpc) is 2.99. The molecular formula is C16H22N2O4. The number of carbonyl (C=O) groups is 1. The van der Waals surface area contributed by atoms with Crippen molar-refractivity contribution in [2.45, 2.75) is 38.6 Å². The molecule has 0 N–H and O–H groups in total. The van der Waals surface area contributed by atoms with Gasteiger partial charge in [0, 0.05) is 31.8 Å². The van der Waals surface area contributed by atoms with Crippen LogP contribution in [-0.4, -0.2) is 60.4 Å². The third kappa shape index (κ3) is 3.56. The minimum atomic E-state index is -0.00903. The molecule has 2 fully saturated rings. The number of carbonyl (C=O) groups excluding carboxylic acids is 1. The Morgan fingerprint density at radius 1 is 1.32 bits per heavy atom. The maximum Gasteiger partial charge on any atom is 0.255 e. The fourth-order valence-corrected chi connectivity index (χ4v) is 2.88. The summed E-state index contributed by atoms with van der Waals surface area (Å²) in [5.41, 5.74) is 0.580. The van der Waals surface area contributed by atoms with E-state index in [1.54, 1.807) is 18.3 Å². The van der Waals surface area contributed by atoms with Crippen molar-refractivity contribution < 1.29 is 19.0 Å². The zero-order valence-electron chi connectivity index (χ0n) is 13.0. The number of nitrogens with zero attached hydrogens (tertiary/aromatic N) is 2. The van der Waals surface area contributed by atoms with E-state index >= 15 is 0 Å². The van der Waals surface area contributed by atoms with Crippen molar-refractivity contribution in [2.24, 2.45) is 0 Å². The van der Waals surface area contributed by atoms with Gasteiger partial charge in [0.1, 0.15) is 6.10 Å². The van der Waals surface area contributed by atoms with E-state index in [4.69, 9.17) is 14.2 Å². The molecule has 0 aliphatic carbocycles. The summed E-state index contributed by atoms with van der Waals surface area (Å²) < 4.78 is 16.6. The second-order valence-electron chi connectivity index (χ2n) is 5.96. The van der Waals surface area contributed by atoms with Crippen LogP contribution in [0.3, 0.4) is 0 Å². The summed E-state index contributed by atoms with van der Waals surface area (Å²) in [7, 11) is 0. The molecule has 0 bridgehead atoms. The Morgan fingerprint density at radius 3 is 2.68 bits per heavy atom. The highest BCUT2D eigenvalue weighted by molar-refractivity contribution is 5.94. The van der Waals surface area contributed by atoms with E-state index in [0.717, 1.165) is 13.0 Å². The van der Waals surface area contributed by atoms with Crippen molar-refractivity contribution in [2.75, 3.05) is 26.3 Å². The van der Waals surface area contributed by atoms with Gasteiger partial charge in [-0.05, 0) is 19.9 Å². The fraction of sp³-hybridized carbons (Fsp3) is 0.625. The Balaban J connectivity index is 1.62. The lowest BCUT2D eigenvalue weighted by Crippen LogP contribution is -2.48. The zero-order valence-corrected chi connectivity index (χ0v) is 13.0. The summed E-state index contributed by atoms with van der Waals surface area (Å²) in [6.45, 7) is 6.52. The molecule has 0 radical (unpaired) electrons. The highest BCUT2D eigenvalue weighted by Crippen LogP contribution is 2.17. The van der Waals surface area contributed by atoms with Crippen molar-refractivity contribution in [3.05, 3.63) is 23.9 Å². The lowest BCUT2D eigenvalue weighted by atomic mass is 10.2. The first-order valence-corrected chi connectivity index (χ1v) is 7.77. The number of ether oxygens (including phenoxy) is 3. The second kappa shape index (κ2) is 6.62. The standard InChI is InChI=1S/C16H22N2O4/c1-11-8-18(9-12(2)21-11)16(19)13-3-4-15(17-7-13)22-14-5-6-20-10-14/h3-4,7,11-12,14H,5-6,8-10H2,1-2H3. The van der Waals surface area contributed by atoms with Gasteiger partial charge in [0.25, 0.3) is 5.91 Å². The van der Waals surface area contributed by atoms with E-state index in [2.05, 4.69) is 4.98 Å². The molecule has 0 spiro atoms. The van der Waals surface area contributed by atoms with Gasteiger partial charge in [-0.3, -0.25) is 4.79 Å². The summed E-state index contributed by atoms with van der Waals surface area (Å²) in [5.74, 6) is 0.529. The van der Waals surface area contributed by atoms with Gasteiger partial charge in [-0.25, -0.2) is 4.98 Å². The number of hydrogen-bond donors (Lipinski definition) is 0. The SMILES string of the molecule is CC1CN(C(=O)c2ccc(OC3CCOC3)nc2)CC(C)O1. The summed E-state index contributed by atoms with van der Waals surface area (Å²) in [6.07, 6.45) is 2.65. The lowest BCUT2D eigenvalue weighted by molar-refractivity contribution is -0.0586. The number of morpholine rings is 1. The Hall–Kier alpha value is -1.66. The van der Waals surface area contributed by atoms with Gasteiger partial charge >= 0.3 is 0 Å². The van der Waals surface area contributed by atoms with Crippen molar-refractivity contribution >= 4 is 5.91 Å². The predicted octanol–water partition coefficient (Wildman–Crippen LogP) is 1.50. The van der Waals surface area contributed by atoms with E-state index in [9.17, 15) is 4.79 Å². The molecule has 120 valence electrons. The molecular weight excluding hydrogens is 284 g/mol. The number of pyridine rings is 1. The number of rotatable bonds is 3. The minimum absolute atomic E-state index is 0.00903. The first kappa shape index (κ1) is 15.2. The second-order valence-corrected chi connectivity index (χ2v) is 5.96. The van der Waals surface area contributed by atoms with Crippen LogP contribution < -0.4 is 4.74 Å². The van der Waals surface area contributed by atoms with Crippen LogP contribution in [-0.2, 0) is 9.47 Å². The predicted molar refractivity (Wildman–Crippen MR) is 80.0 cm³/mol. The maximum atomic E-state index is 12.5. The van der Waals surface area contributed by atoms with Gasteiger partial charge in [-0.1, -0.05) is 0 Å². The van der Waals surface area contributed by atoms with Crippen LogP contribution in [0.5, 0.6) is 5.88 Å². The maximum absolute atomic E-state index is 12.5. The molecule has 3 atom stereocenters. The van der Waals surface area contributed by atoms with E-state index in [0.29, 0.717) is 31.1 Å². The highest BCUT2D eigenvalue weighted by atomic mass is 16.5. The average molecular weight is 306 g/mol. The molecule has 2 saturated heterocycles. The third-order valence-corrected chi connectivity index (χ3v) is 3.87. The summed E-state index contributed by atoms with van der Waals surface area (Å²) in [4.78, 5) is 18.6. The molecule has 1 aromatic heterocycles. The molecule has 3 heterocycles. The number of hydrogen-bond acceptors (Lipinski definition) is 5.